The zero-order valence-electron chi connectivity index (χ0n) is 11.8. The Morgan fingerprint density at radius 3 is 1.60 bits per heavy atom. The van der Waals surface area contributed by atoms with Crippen LogP contribution in [0.1, 0.15) is 26.2 Å². The van der Waals surface area contributed by atoms with E-state index in [0.29, 0.717) is 0 Å². The summed E-state index contributed by atoms with van der Waals surface area (Å²) in [6, 6.07) is 20.6. The summed E-state index contributed by atoms with van der Waals surface area (Å²) in [6.07, 6.45) is 3.47. The van der Waals surface area contributed by atoms with E-state index in [9.17, 15) is 0 Å². The van der Waals surface area contributed by atoms with E-state index in [2.05, 4.69) is 31.2 Å². The molecular formula is C17H21BiCl2. The van der Waals surface area contributed by atoms with Gasteiger partial charge in [-0.1, -0.05) is 0 Å². The summed E-state index contributed by atoms with van der Waals surface area (Å²) in [5.74, 6) is 0. The Kier molecular flexibility index (Phi) is 5.51. The normalized spacial score (nSPS) is 13.7. The molecule has 2 aromatic rings. The molecule has 0 amide bonds. The van der Waals surface area contributed by atoms with Crippen molar-refractivity contribution in [1.82, 2.24) is 0 Å². The molecule has 0 saturated heterocycles. The Hall–Kier alpha value is -0.0969. The van der Waals surface area contributed by atoms with Crippen molar-refractivity contribution in [3.8, 4) is 0 Å². The first-order chi connectivity index (χ1) is 9.57. The molecule has 0 bridgehead atoms. The molecule has 0 spiro atoms. The fourth-order valence-corrected chi connectivity index (χ4v) is 20.6. The van der Waals surface area contributed by atoms with Gasteiger partial charge in [0, 0.05) is 0 Å². The minimum absolute atomic E-state index is 0.927. The summed E-state index contributed by atoms with van der Waals surface area (Å²) in [7, 11) is 14.5. The van der Waals surface area contributed by atoms with Crippen molar-refractivity contribution in [3.05, 3.63) is 60.7 Å². The number of unbranched alkanes of at least 4 members (excludes halogenated alkanes) is 2. The predicted octanol–water partition coefficient (Wildman–Crippen LogP) is 4.86. The van der Waals surface area contributed by atoms with E-state index in [1.165, 1.54) is 12.8 Å². The van der Waals surface area contributed by atoms with E-state index in [4.69, 9.17) is 17.0 Å². The van der Waals surface area contributed by atoms with Gasteiger partial charge < -0.3 is 0 Å². The number of hydrogen-bond acceptors (Lipinski definition) is 0. The first-order valence-corrected chi connectivity index (χ1v) is 21.6. The summed E-state index contributed by atoms with van der Waals surface area (Å²) in [5, 5.41) is 0. The van der Waals surface area contributed by atoms with Gasteiger partial charge in [0.15, 0.2) is 0 Å². The standard InChI is InChI=1S/2C6H5.C5H11.Bi.2ClH/c2*1-2-4-6-5-3-1;1-3-5-4-2;;;/h2*1-5H;1,3-5H2,2H3;;2*1H/q;;;+2;;/p-2. The minimum atomic E-state index is -4.17. The monoisotopic (exact) mass is 504 g/mol. The average molecular weight is 505 g/mol. The third-order valence-corrected chi connectivity index (χ3v) is 28.0. The number of halogens is 2. The molecule has 0 saturated carbocycles. The molecule has 0 atom stereocenters. The van der Waals surface area contributed by atoms with Crippen molar-refractivity contribution in [2.45, 2.75) is 30.3 Å². The van der Waals surface area contributed by atoms with Crippen LogP contribution in [-0.4, -0.2) is 16.4 Å². The molecule has 0 aliphatic carbocycles. The number of benzene rings is 2. The van der Waals surface area contributed by atoms with Crippen LogP contribution >= 0.6 is 17.0 Å². The van der Waals surface area contributed by atoms with E-state index >= 15 is 0 Å². The molecule has 0 radical (unpaired) electrons. The molecule has 0 unspecified atom stereocenters. The molecule has 108 valence electrons. The van der Waals surface area contributed by atoms with E-state index in [0.717, 1.165) is 17.1 Å². The average Bonchev–Trinajstić information content (AvgIpc) is 2.50. The third kappa shape index (κ3) is 3.38. The second kappa shape index (κ2) is 6.78. The SMILES string of the molecule is CCCC[CH2][Bi]([Cl])([Cl])([c]1ccccc1)[c]1ccccc1. The zero-order chi connectivity index (χ0) is 14.5. The zero-order valence-corrected chi connectivity index (χ0v) is 16.8. The first-order valence-electron chi connectivity index (χ1n) is 7.13. The quantitative estimate of drug-likeness (QED) is 0.389. The predicted molar refractivity (Wildman–Crippen MR) is 93.9 cm³/mol. The van der Waals surface area contributed by atoms with Crippen LogP contribution in [0, 0.1) is 0 Å². The second-order valence-corrected chi connectivity index (χ2v) is 33.8. The van der Waals surface area contributed by atoms with Crippen LogP contribution in [0.3, 0.4) is 0 Å². The van der Waals surface area contributed by atoms with Crippen molar-refractivity contribution in [3.63, 3.8) is 0 Å². The van der Waals surface area contributed by atoms with E-state index < -0.39 is 16.4 Å². The maximum absolute atomic E-state index is 7.26. The first kappa shape index (κ1) is 16.3. The van der Waals surface area contributed by atoms with E-state index in [-0.39, 0.29) is 0 Å². The fourth-order valence-electron chi connectivity index (χ4n) is 2.49. The van der Waals surface area contributed by atoms with Crippen LogP contribution in [0.15, 0.2) is 60.7 Å². The van der Waals surface area contributed by atoms with Gasteiger partial charge in [0.25, 0.3) is 0 Å². The van der Waals surface area contributed by atoms with Crippen LogP contribution in [0.5, 0.6) is 0 Å². The van der Waals surface area contributed by atoms with Crippen LogP contribution in [0.2, 0.25) is 4.13 Å². The summed E-state index contributed by atoms with van der Waals surface area (Å²) in [4.78, 5) is 0. The van der Waals surface area contributed by atoms with Gasteiger partial charge in [0.1, 0.15) is 0 Å². The molecule has 0 N–H and O–H groups in total. The molecule has 20 heavy (non-hydrogen) atoms. The van der Waals surface area contributed by atoms with E-state index in [1.807, 2.05) is 36.4 Å². The van der Waals surface area contributed by atoms with Gasteiger partial charge >= 0.3 is 131 Å². The van der Waals surface area contributed by atoms with Crippen LogP contribution in [-0.2, 0) is 0 Å². The number of rotatable bonds is 6. The Morgan fingerprint density at radius 2 is 1.20 bits per heavy atom. The van der Waals surface area contributed by atoms with Crippen molar-refractivity contribution in [2.75, 3.05) is 0 Å². The molecule has 2 rings (SSSR count). The maximum atomic E-state index is 7.26. The van der Waals surface area contributed by atoms with Gasteiger partial charge in [-0.25, -0.2) is 0 Å². The van der Waals surface area contributed by atoms with Crippen molar-refractivity contribution in [1.29, 1.82) is 0 Å². The summed E-state index contributed by atoms with van der Waals surface area (Å²) in [5.41, 5.74) is 0. The molecule has 0 fully saturated rings. The van der Waals surface area contributed by atoms with Gasteiger partial charge in [-0.2, -0.15) is 0 Å². The van der Waals surface area contributed by atoms with Crippen molar-refractivity contribution in [2.24, 2.45) is 0 Å². The molecular weight excluding hydrogens is 484 g/mol. The van der Waals surface area contributed by atoms with Gasteiger partial charge in [0.2, 0.25) is 0 Å². The second-order valence-electron chi connectivity index (χ2n) is 5.17. The summed E-state index contributed by atoms with van der Waals surface area (Å²) < 4.78 is 3.24. The summed E-state index contributed by atoms with van der Waals surface area (Å²) >= 11 is -4.17. The van der Waals surface area contributed by atoms with Crippen LogP contribution < -0.4 is 6.54 Å². The van der Waals surface area contributed by atoms with Gasteiger partial charge in [-0.05, 0) is 0 Å². The summed E-state index contributed by atoms with van der Waals surface area (Å²) in [6.45, 7) is 2.21. The third-order valence-electron chi connectivity index (χ3n) is 3.68. The van der Waals surface area contributed by atoms with Gasteiger partial charge in [-0.15, -0.1) is 0 Å². The fraction of sp³-hybridized carbons (Fsp3) is 0.294. The molecule has 0 aromatic heterocycles. The molecule has 3 heteroatoms. The Balaban J connectivity index is 2.48. The van der Waals surface area contributed by atoms with Crippen LogP contribution in [0.4, 0.5) is 0 Å². The van der Waals surface area contributed by atoms with Crippen LogP contribution in [0.25, 0.3) is 0 Å². The van der Waals surface area contributed by atoms with Crippen molar-refractivity contribution >= 4 is 40.0 Å². The van der Waals surface area contributed by atoms with Gasteiger partial charge in [0.05, 0.1) is 0 Å². The van der Waals surface area contributed by atoms with Crippen molar-refractivity contribution < 1.29 is 0 Å². The molecule has 0 aliphatic rings. The molecule has 0 nitrogen and oxygen atoms in total. The Labute approximate surface area is 130 Å². The van der Waals surface area contributed by atoms with Gasteiger partial charge in [-0.3, -0.25) is 0 Å². The topological polar surface area (TPSA) is 0 Å². The Morgan fingerprint density at radius 1 is 0.750 bits per heavy atom. The molecule has 2 aromatic carbocycles. The van der Waals surface area contributed by atoms with E-state index in [1.54, 1.807) is 0 Å². The number of hydrogen-bond donors (Lipinski definition) is 0. The molecule has 0 aliphatic heterocycles. The Bertz CT molecular complexity index is 494. The molecule has 0 heterocycles.